The van der Waals surface area contributed by atoms with Crippen molar-refractivity contribution >= 4 is 34.0 Å². The fraction of sp³-hybridized carbons (Fsp3) is 0.190. The number of benzene rings is 2. The van der Waals surface area contributed by atoms with E-state index in [1.54, 1.807) is 12.4 Å². The molecule has 6 heteroatoms. The highest BCUT2D eigenvalue weighted by Crippen LogP contribution is 2.25. The third-order valence-electron chi connectivity index (χ3n) is 4.52. The van der Waals surface area contributed by atoms with Crippen LogP contribution in [0.3, 0.4) is 0 Å². The Balaban J connectivity index is 1.54. The van der Waals surface area contributed by atoms with Gasteiger partial charge in [-0.25, -0.2) is 4.98 Å². The summed E-state index contributed by atoms with van der Waals surface area (Å²) in [6.45, 7) is 4.34. The molecular weight excluding hydrogens is 336 g/mol. The average Bonchev–Trinajstić information content (AvgIpc) is 3.14. The molecule has 0 aliphatic rings. The molecule has 0 spiro atoms. The molecule has 0 saturated carbocycles. The second-order valence-corrected chi connectivity index (χ2v) is 6.54. The summed E-state index contributed by atoms with van der Waals surface area (Å²) in [6.07, 6.45) is 5.79. The summed E-state index contributed by atoms with van der Waals surface area (Å²) in [5, 5.41) is 14.7. The Labute approximate surface area is 158 Å². The van der Waals surface area contributed by atoms with Gasteiger partial charge < -0.3 is 10.6 Å². The number of anilines is 4. The van der Waals surface area contributed by atoms with Gasteiger partial charge in [0.25, 0.3) is 0 Å². The van der Waals surface area contributed by atoms with Crippen LogP contribution in [0.2, 0.25) is 0 Å². The van der Waals surface area contributed by atoms with E-state index in [1.165, 1.54) is 11.1 Å². The number of nitrogens with zero attached hydrogens (tertiary/aromatic N) is 3. The Bertz CT molecular complexity index is 1070. The van der Waals surface area contributed by atoms with Crippen molar-refractivity contribution in [3.05, 3.63) is 66.0 Å². The molecule has 2 aromatic heterocycles. The molecule has 0 saturated heterocycles. The highest BCUT2D eigenvalue weighted by Gasteiger charge is 2.06. The van der Waals surface area contributed by atoms with Crippen molar-refractivity contribution in [3.63, 3.8) is 0 Å². The van der Waals surface area contributed by atoms with Crippen LogP contribution in [-0.4, -0.2) is 20.2 Å². The van der Waals surface area contributed by atoms with Gasteiger partial charge in [-0.2, -0.15) is 10.1 Å². The maximum absolute atomic E-state index is 4.58. The van der Waals surface area contributed by atoms with Gasteiger partial charge >= 0.3 is 0 Å². The third kappa shape index (κ3) is 3.74. The van der Waals surface area contributed by atoms with Crippen LogP contribution in [0.25, 0.3) is 10.9 Å². The molecule has 3 N–H and O–H groups in total. The Morgan fingerprint density at radius 2 is 2.00 bits per heavy atom. The van der Waals surface area contributed by atoms with Crippen LogP contribution in [0.5, 0.6) is 0 Å². The molecule has 0 fully saturated rings. The van der Waals surface area contributed by atoms with E-state index in [0.717, 1.165) is 40.9 Å². The Hall–Kier alpha value is -3.41. The van der Waals surface area contributed by atoms with E-state index in [9.17, 15) is 0 Å². The summed E-state index contributed by atoms with van der Waals surface area (Å²) in [4.78, 5) is 8.92. The van der Waals surface area contributed by atoms with Gasteiger partial charge in [0.05, 0.1) is 17.4 Å². The molecule has 0 atom stereocenters. The summed E-state index contributed by atoms with van der Waals surface area (Å²) >= 11 is 0. The zero-order chi connectivity index (χ0) is 18.6. The number of hydrogen-bond acceptors (Lipinski definition) is 5. The molecule has 0 aliphatic carbocycles. The molecule has 136 valence electrons. The van der Waals surface area contributed by atoms with Gasteiger partial charge in [-0.3, -0.25) is 5.10 Å². The van der Waals surface area contributed by atoms with Crippen LogP contribution in [0.4, 0.5) is 23.1 Å². The van der Waals surface area contributed by atoms with Gasteiger partial charge in [0.2, 0.25) is 5.95 Å². The molecule has 0 bridgehead atoms. The number of fused-ring (bicyclic) bond motifs is 1. The Kier molecular flexibility index (Phi) is 4.70. The van der Waals surface area contributed by atoms with E-state index in [4.69, 9.17) is 0 Å². The zero-order valence-corrected chi connectivity index (χ0v) is 15.5. The Morgan fingerprint density at radius 1 is 1.07 bits per heavy atom. The lowest BCUT2D eigenvalue weighted by molar-refractivity contribution is 0.913. The first kappa shape index (κ1) is 17.0. The number of nitrogens with one attached hydrogen (secondary N) is 3. The second kappa shape index (κ2) is 7.45. The average molecular weight is 358 g/mol. The minimum absolute atomic E-state index is 0.557. The molecule has 4 rings (SSSR count). The lowest BCUT2D eigenvalue weighted by atomic mass is 10.0. The first-order valence-corrected chi connectivity index (χ1v) is 9.11. The van der Waals surface area contributed by atoms with Crippen molar-refractivity contribution in [2.45, 2.75) is 26.7 Å². The van der Waals surface area contributed by atoms with Crippen LogP contribution in [-0.2, 0) is 6.42 Å². The lowest BCUT2D eigenvalue weighted by Crippen LogP contribution is -2.01. The molecule has 2 aromatic carbocycles. The topological polar surface area (TPSA) is 78.5 Å². The normalized spacial score (nSPS) is 10.9. The maximum Gasteiger partial charge on any atom is 0.229 e. The highest BCUT2D eigenvalue weighted by atomic mass is 15.1. The van der Waals surface area contributed by atoms with E-state index in [1.807, 2.05) is 24.3 Å². The fourth-order valence-corrected chi connectivity index (χ4v) is 3.16. The molecule has 6 nitrogen and oxygen atoms in total. The van der Waals surface area contributed by atoms with Gasteiger partial charge in [-0.1, -0.05) is 25.5 Å². The van der Waals surface area contributed by atoms with Crippen LogP contribution in [0.1, 0.15) is 24.5 Å². The predicted molar refractivity (Wildman–Crippen MR) is 110 cm³/mol. The second-order valence-electron chi connectivity index (χ2n) is 6.54. The van der Waals surface area contributed by atoms with Gasteiger partial charge in [-0.05, 0) is 54.8 Å². The van der Waals surface area contributed by atoms with E-state index in [-0.39, 0.29) is 0 Å². The van der Waals surface area contributed by atoms with Crippen LogP contribution >= 0.6 is 0 Å². The number of rotatable bonds is 6. The van der Waals surface area contributed by atoms with Crippen LogP contribution in [0, 0.1) is 6.92 Å². The number of H-pyrrole nitrogens is 1. The molecule has 0 radical (unpaired) electrons. The number of aryl methyl sites for hydroxylation is 2. The first-order valence-electron chi connectivity index (χ1n) is 9.11. The summed E-state index contributed by atoms with van der Waals surface area (Å²) in [5.74, 6) is 1.28. The summed E-state index contributed by atoms with van der Waals surface area (Å²) in [7, 11) is 0. The number of aromatic amines is 1. The fourth-order valence-electron chi connectivity index (χ4n) is 3.16. The lowest BCUT2D eigenvalue weighted by Gasteiger charge is -2.11. The van der Waals surface area contributed by atoms with Crippen molar-refractivity contribution in [1.82, 2.24) is 20.2 Å². The van der Waals surface area contributed by atoms with E-state index >= 15 is 0 Å². The summed E-state index contributed by atoms with van der Waals surface area (Å²) in [6, 6.07) is 14.2. The standard InChI is InChI=1S/C21H22N6/c1-3-5-15-8-9-16(12-14(15)2)24-21-22-11-10-20(26-21)25-18-6-4-7-19-17(18)13-23-27-19/h4,6-13H,3,5H2,1-2H3,(H,23,27)(H2,22,24,25,26). The monoisotopic (exact) mass is 358 g/mol. The van der Waals surface area contributed by atoms with Gasteiger partial charge in [-0.15, -0.1) is 0 Å². The number of aromatic nitrogens is 4. The molecule has 27 heavy (non-hydrogen) atoms. The first-order chi connectivity index (χ1) is 13.2. The molecular formula is C21H22N6. The molecule has 0 aliphatic heterocycles. The summed E-state index contributed by atoms with van der Waals surface area (Å²) < 4.78 is 0. The van der Waals surface area contributed by atoms with Crippen molar-refractivity contribution in [3.8, 4) is 0 Å². The SMILES string of the molecule is CCCc1ccc(Nc2nccc(Nc3cccc4[nH]ncc34)n2)cc1C. The van der Waals surface area contributed by atoms with Crippen LogP contribution in [0.15, 0.2) is 54.9 Å². The molecule has 0 amide bonds. The molecule has 2 heterocycles. The largest absolute Gasteiger partial charge is 0.339 e. The van der Waals surface area contributed by atoms with E-state index in [2.05, 4.69) is 62.8 Å². The minimum Gasteiger partial charge on any atom is -0.339 e. The van der Waals surface area contributed by atoms with E-state index in [0.29, 0.717) is 5.95 Å². The minimum atomic E-state index is 0.557. The van der Waals surface area contributed by atoms with E-state index < -0.39 is 0 Å². The van der Waals surface area contributed by atoms with Gasteiger partial charge in [0, 0.05) is 17.3 Å². The third-order valence-corrected chi connectivity index (χ3v) is 4.52. The van der Waals surface area contributed by atoms with Gasteiger partial charge in [0.15, 0.2) is 0 Å². The molecule has 4 aromatic rings. The van der Waals surface area contributed by atoms with Crippen molar-refractivity contribution in [1.29, 1.82) is 0 Å². The van der Waals surface area contributed by atoms with Gasteiger partial charge in [0.1, 0.15) is 5.82 Å². The quantitative estimate of drug-likeness (QED) is 0.447. The van der Waals surface area contributed by atoms with Crippen molar-refractivity contribution in [2.24, 2.45) is 0 Å². The zero-order valence-electron chi connectivity index (χ0n) is 15.5. The highest BCUT2D eigenvalue weighted by molar-refractivity contribution is 5.92. The molecule has 0 unspecified atom stereocenters. The number of hydrogen-bond donors (Lipinski definition) is 3. The maximum atomic E-state index is 4.58. The Morgan fingerprint density at radius 3 is 2.85 bits per heavy atom. The summed E-state index contributed by atoms with van der Waals surface area (Å²) in [5.41, 5.74) is 5.58. The predicted octanol–water partition coefficient (Wildman–Crippen LogP) is 5.10. The van der Waals surface area contributed by atoms with Crippen molar-refractivity contribution in [2.75, 3.05) is 10.6 Å². The smallest absolute Gasteiger partial charge is 0.229 e. The van der Waals surface area contributed by atoms with Crippen molar-refractivity contribution < 1.29 is 0 Å². The van der Waals surface area contributed by atoms with Crippen LogP contribution < -0.4 is 10.6 Å².